The minimum Gasteiger partial charge on any atom is -0.337 e. The van der Waals surface area contributed by atoms with Crippen LogP contribution in [-0.2, 0) is 6.42 Å². The molecule has 9 rings (SSSR count). The Kier molecular flexibility index (Phi) is 11.2. The largest absolute Gasteiger partial charge is 0.337 e. The summed E-state index contributed by atoms with van der Waals surface area (Å²) >= 11 is 0. The number of nitrogens with zero attached hydrogens (tertiary/aromatic N) is 3. The van der Waals surface area contributed by atoms with Crippen LogP contribution in [0.1, 0.15) is 18.4 Å². The lowest BCUT2D eigenvalue weighted by atomic mass is 10.0. The van der Waals surface area contributed by atoms with Crippen LogP contribution in [0.3, 0.4) is 0 Å². The molecular formula is C54H45N3. The summed E-state index contributed by atoms with van der Waals surface area (Å²) < 4.78 is 0. The van der Waals surface area contributed by atoms with Gasteiger partial charge in [0.05, 0.1) is 0 Å². The summed E-state index contributed by atoms with van der Waals surface area (Å²) in [5, 5.41) is 4.92. The molecule has 3 heteroatoms. The van der Waals surface area contributed by atoms with Gasteiger partial charge >= 0.3 is 0 Å². The summed E-state index contributed by atoms with van der Waals surface area (Å²) in [5.74, 6) is 0. The molecule has 0 atom stereocenters. The Hall–Kier alpha value is -7.28. The van der Waals surface area contributed by atoms with Gasteiger partial charge in [-0.1, -0.05) is 127 Å². The number of aryl methyl sites for hydroxylation is 1. The zero-order chi connectivity index (χ0) is 38.8. The van der Waals surface area contributed by atoms with E-state index in [-0.39, 0.29) is 0 Å². The Morgan fingerprint density at radius 1 is 0.439 bits per heavy atom. The van der Waals surface area contributed by atoms with Crippen molar-refractivity contribution in [3.8, 4) is 12.8 Å². The van der Waals surface area contributed by atoms with E-state index in [9.17, 15) is 0 Å². The normalized spacial score (nSPS) is 14.2. The van der Waals surface area contributed by atoms with E-state index in [1.807, 2.05) is 0 Å². The smallest absolute Gasteiger partial charge is 0.0482 e. The molecule has 0 spiro atoms. The molecule has 1 heterocycles. The zero-order valence-electron chi connectivity index (χ0n) is 32.0. The van der Waals surface area contributed by atoms with E-state index < -0.39 is 0 Å². The molecule has 1 aliphatic rings. The number of para-hydroxylation sites is 3. The summed E-state index contributed by atoms with van der Waals surface area (Å²) in [6, 6.07) is 70.2. The second-order valence-electron chi connectivity index (χ2n) is 14.1. The number of fused-ring (bicyclic) bond motifs is 3. The number of anilines is 7. The van der Waals surface area contributed by atoms with Crippen LogP contribution >= 0.6 is 0 Å². The number of allylic oxidation sites excluding steroid dienone is 2. The number of benzene rings is 8. The van der Waals surface area contributed by atoms with E-state index in [0.717, 1.165) is 59.1 Å². The van der Waals surface area contributed by atoms with Gasteiger partial charge in [0, 0.05) is 52.1 Å². The van der Waals surface area contributed by atoms with Gasteiger partial charge in [-0.3, -0.25) is 0 Å². The monoisotopic (exact) mass is 735 g/mol. The Bertz CT molecular complexity index is 2660. The van der Waals surface area contributed by atoms with Crippen LogP contribution in [0.15, 0.2) is 218 Å². The van der Waals surface area contributed by atoms with Gasteiger partial charge in [-0.05, 0) is 131 Å². The molecule has 0 bridgehead atoms. The molecule has 3 nitrogen and oxygen atoms in total. The van der Waals surface area contributed by atoms with Crippen LogP contribution in [0.2, 0.25) is 0 Å². The van der Waals surface area contributed by atoms with Crippen molar-refractivity contribution in [1.82, 2.24) is 0 Å². The second-order valence-corrected chi connectivity index (χ2v) is 14.1. The van der Waals surface area contributed by atoms with Crippen molar-refractivity contribution in [1.29, 1.82) is 0 Å². The SMILES string of the molecule is C#C.C1=C\C(N(c2ccccc2)c2ccc3ccccc3c2)=C/CN(c2ccccc2)c2cc(N(c3ccccc3)c3ccc4ccccc4c3)ccc2CCC/1. The molecule has 0 fully saturated rings. The molecular weight excluding hydrogens is 691 g/mol. The summed E-state index contributed by atoms with van der Waals surface area (Å²) in [5.41, 5.74) is 10.5. The molecule has 0 N–H and O–H groups in total. The van der Waals surface area contributed by atoms with Crippen molar-refractivity contribution in [3.05, 3.63) is 224 Å². The molecule has 0 saturated carbocycles. The number of rotatable bonds is 7. The topological polar surface area (TPSA) is 9.72 Å². The third kappa shape index (κ3) is 8.08. The van der Waals surface area contributed by atoms with Crippen LogP contribution in [0.4, 0.5) is 39.8 Å². The lowest BCUT2D eigenvalue weighted by molar-refractivity contribution is 0.839. The van der Waals surface area contributed by atoms with Gasteiger partial charge in [-0.2, -0.15) is 0 Å². The molecule has 57 heavy (non-hydrogen) atoms. The number of hydrogen-bond donors (Lipinski definition) is 0. The van der Waals surface area contributed by atoms with Crippen molar-refractivity contribution in [2.45, 2.75) is 19.3 Å². The van der Waals surface area contributed by atoms with Crippen molar-refractivity contribution < 1.29 is 0 Å². The molecule has 0 saturated heterocycles. The molecule has 8 aromatic carbocycles. The Morgan fingerprint density at radius 2 is 0.930 bits per heavy atom. The highest BCUT2D eigenvalue weighted by molar-refractivity contribution is 5.90. The first-order valence-corrected chi connectivity index (χ1v) is 19.6. The molecule has 8 aromatic rings. The maximum absolute atomic E-state index is 4.00. The van der Waals surface area contributed by atoms with Gasteiger partial charge in [-0.25, -0.2) is 0 Å². The molecule has 0 unspecified atom stereocenters. The molecule has 1 aliphatic heterocycles. The minimum absolute atomic E-state index is 0.679. The van der Waals surface area contributed by atoms with Gasteiger partial charge in [-0.15, -0.1) is 12.8 Å². The van der Waals surface area contributed by atoms with Crippen molar-refractivity contribution >= 4 is 61.4 Å². The van der Waals surface area contributed by atoms with Crippen molar-refractivity contribution in [3.63, 3.8) is 0 Å². The summed E-state index contributed by atoms with van der Waals surface area (Å²) in [7, 11) is 0. The average molecular weight is 736 g/mol. The van der Waals surface area contributed by atoms with Gasteiger partial charge in [0.2, 0.25) is 0 Å². The van der Waals surface area contributed by atoms with Crippen LogP contribution in [-0.4, -0.2) is 6.54 Å². The van der Waals surface area contributed by atoms with Crippen LogP contribution < -0.4 is 14.7 Å². The van der Waals surface area contributed by atoms with Crippen molar-refractivity contribution in [2.75, 3.05) is 21.2 Å². The highest BCUT2D eigenvalue weighted by Gasteiger charge is 2.21. The first-order chi connectivity index (χ1) is 28.3. The quantitative estimate of drug-likeness (QED) is 0.151. The lowest BCUT2D eigenvalue weighted by Crippen LogP contribution is -2.22. The predicted octanol–water partition coefficient (Wildman–Crippen LogP) is 14.5. The highest BCUT2D eigenvalue weighted by Crippen LogP contribution is 2.41. The maximum Gasteiger partial charge on any atom is 0.0482 e. The van der Waals surface area contributed by atoms with Gasteiger partial charge < -0.3 is 14.7 Å². The Balaban J connectivity index is 0.00000224. The highest BCUT2D eigenvalue weighted by atomic mass is 15.2. The fraction of sp³-hybridized carbons (Fsp3) is 0.0741. The number of terminal acetylenes is 1. The first-order valence-electron chi connectivity index (χ1n) is 19.6. The first kappa shape index (κ1) is 36.7. The molecule has 276 valence electrons. The van der Waals surface area contributed by atoms with Crippen LogP contribution in [0, 0.1) is 12.8 Å². The van der Waals surface area contributed by atoms with Gasteiger partial charge in [0.1, 0.15) is 0 Å². The van der Waals surface area contributed by atoms with E-state index in [0.29, 0.717) is 6.54 Å². The van der Waals surface area contributed by atoms with E-state index in [1.54, 1.807) is 0 Å². The van der Waals surface area contributed by atoms with Gasteiger partial charge in [0.25, 0.3) is 0 Å². The predicted molar refractivity (Wildman–Crippen MR) is 245 cm³/mol. The fourth-order valence-corrected chi connectivity index (χ4v) is 7.82. The standard InChI is InChI=1S/C52H43N3.C2H2/c1-5-19-42-31-34-51(55(47-26-11-4-12-27-47)50-33-30-41-18-14-16-21-44(41)38-50)39-52(42)53(45-22-6-2-7-23-45)36-35-48(28-8-1)54(46-24-9-3-10-25-46)49-32-29-40-17-13-15-20-43(40)37-49;1-2/h2-4,6-18,20-35,37-39H,1,5,19,36H2;1-2H/b28-8-,48-35+;. The minimum atomic E-state index is 0.679. The van der Waals surface area contributed by atoms with Crippen molar-refractivity contribution in [2.24, 2.45) is 0 Å². The third-order valence-electron chi connectivity index (χ3n) is 10.5. The summed E-state index contributed by atoms with van der Waals surface area (Å²) in [4.78, 5) is 7.28. The Morgan fingerprint density at radius 3 is 1.54 bits per heavy atom. The summed E-state index contributed by atoms with van der Waals surface area (Å²) in [6.45, 7) is 0.679. The Labute approximate surface area is 337 Å². The summed E-state index contributed by atoms with van der Waals surface area (Å²) in [6.07, 6.45) is 18.1. The van der Waals surface area contributed by atoms with Crippen LogP contribution in [0.25, 0.3) is 21.5 Å². The van der Waals surface area contributed by atoms with E-state index in [1.165, 1.54) is 32.8 Å². The van der Waals surface area contributed by atoms with Crippen LogP contribution in [0.5, 0.6) is 0 Å². The second kappa shape index (κ2) is 17.5. The lowest BCUT2D eigenvalue weighted by Gasteiger charge is -2.31. The molecule has 0 aromatic heterocycles. The maximum atomic E-state index is 4.00. The molecule has 0 radical (unpaired) electrons. The third-order valence-corrected chi connectivity index (χ3v) is 10.5. The average Bonchev–Trinajstić information content (AvgIpc) is 3.32. The van der Waals surface area contributed by atoms with E-state index in [2.05, 4.69) is 240 Å². The van der Waals surface area contributed by atoms with Gasteiger partial charge in [0.15, 0.2) is 0 Å². The fourth-order valence-electron chi connectivity index (χ4n) is 7.82. The molecule has 0 amide bonds. The number of hydrogen-bond acceptors (Lipinski definition) is 3. The van der Waals surface area contributed by atoms with E-state index in [4.69, 9.17) is 0 Å². The zero-order valence-corrected chi connectivity index (χ0v) is 32.0. The van der Waals surface area contributed by atoms with E-state index >= 15 is 0 Å². The molecule has 0 aliphatic carbocycles.